The number of piperazine rings is 1. The molecule has 2 fully saturated rings. The summed E-state index contributed by atoms with van der Waals surface area (Å²) >= 11 is 0. The van der Waals surface area contributed by atoms with Crippen LogP contribution < -0.4 is 5.32 Å². The Labute approximate surface area is 125 Å². The molecule has 1 amide bonds. The molecule has 2 atom stereocenters. The number of amides is 1. The number of carbonyl (C=O) groups is 2. The number of nitrogens with zero attached hydrogens (tertiary/aromatic N) is 2. The van der Waals surface area contributed by atoms with Crippen molar-refractivity contribution in [2.24, 2.45) is 5.92 Å². The summed E-state index contributed by atoms with van der Waals surface area (Å²) in [5.74, 6) is -0.790. The molecule has 0 spiro atoms. The number of hydrogen-bond acceptors (Lipinski definition) is 5. The standard InChI is InChI=1S/C14H25N3O4/c1-2-3-15-12-10-21-9-11(12)14(20)17-6-4-16(5-7-17)8-13(18)19/h11-12,15H,2-10H2,1H3,(H,18,19). The van der Waals surface area contributed by atoms with Gasteiger partial charge in [-0.1, -0.05) is 6.92 Å². The van der Waals surface area contributed by atoms with E-state index in [0.29, 0.717) is 39.4 Å². The molecule has 0 radical (unpaired) electrons. The number of nitrogens with one attached hydrogen (secondary N) is 1. The van der Waals surface area contributed by atoms with E-state index in [4.69, 9.17) is 9.84 Å². The lowest BCUT2D eigenvalue weighted by Gasteiger charge is -2.35. The summed E-state index contributed by atoms with van der Waals surface area (Å²) in [7, 11) is 0. The van der Waals surface area contributed by atoms with Crippen LogP contribution in [0.4, 0.5) is 0 Å². The maximum Gasteiger partial charge on any atom is 0.317 e. The Hall–Kier alpha value is -1.18. The second kappa shape index (κ2) is 7.72. The Balaban J connectivity index is 1.82. The Morgan fingerprint density at radius 3 is 2.57 bits per heavy atom. The van der Waals surface area contributed by atoms with Crippen molar-refractivity contribution in [2.45, 2.75) is 19.4 Å². The highest BCUT2D eigenvalue weighted by Crippen LogP contribution is 2.18. The fourth-order valence-electron chi connectivity index (χ4n) is 2.88. The van der Waals surface area contributed by atoms with Crippen molar-refractivity contribution in [1.82, 2.24) is 15.1 Å². The lowest BCUT2D eigenvalue weighted by atomic mass is 10.0. The van der Waals surface area contributed by atoms with Gasteiger partial charge in [0, 0.05) is 32.2 Å². The van der Waals surface area contributed by atoms with Crippen molar-refractivity contribution < 1.29 is 19.4 Å². The number of rotatable bonds is 6. The highest BCUT2D eigenvalue weighted by Gasteiger charge is 2.37. The molecular formula is C14H25N3O4. The molecular weight excluding hydrogens is 274 g/mol. The van der Waals surface area contributed by atoms with Crippen molar-refractivity contribution in [2.75, 3.05) is 52.5 Å². The van der Waals surface area contributed by atoms with Gasteiger partial charge >= 0.3 is 5.97 Å². The first-order chi connectivity index (χ1) is 10.1. The Kier molecular flexibility index (Phi) is 5.96. The average molecular weight is 299 g/mol. The molecule has 7 nitrogen and oxygen atoms in total. The van der Waals surface area contributed by atoms with Gasteiger partial charge in [-0.15, -0.1) is 0 Å². The molecule has 2 saturated heterocycles. The zero-order chi connectivity index (χ0) is 15.2. The number of aliphatic carboxylic acids is 1. The molecule has 2 unspecified atom stereocenters. The largest absolute Gasteiger partial charge is 0.480 e. The van der Waals surface area contributed by atoms with Crippen molar-refractivity contribution >= 4 is 11.9 Å². The van der Waals surface area contributed by atoms with Gasteiger partial charge in [-0.25, -0.2) is 0 Å². The molecule has 2 heterocycles. The van der Waals surface area contributed by atoms with E-state index in [1.807, 2.05) is 9.80 Å². The Morgan fingerprint density at radius 2 is 1.95 bits per heavy atom. The van der Waals surface area contributed by atoms with Crippen LogP contribution in [0.5, 0.6) is 0 Å². The summed E-state index contributed by atoms with van der Waals surface area (Å²) in [6, 6.07) is 0.106. The van der Waals surface area contributed by atoms with Gasteiger partial charge in [-0.05, 0) is 13.0 Å². The maximum absolute atomic E-state index is 12.6. The van der Waals surface area contributed by atoms with E-state index in [0.717, 1.165) is 13.0 Å². The van der Waals surface area contributed by atoms with Gasteiger partial charge in [0.15, 0.2) is 0 Å². The van der Waals surface area contributed by atoms with Crippen LogP contribution in [0, 0.1) is 5.92 Å². The third-order valence-corrected chi connectivity index (χ3v) is 4.10. The fraction of sp³-hybridized carbons (Fsp3) is 0.857. The number of carbonyl (C=O) groups excluding carboxylic acids is 1. The smallest absolute Gasteiger partial charge is 0.317 e. The normalized spacial score (nSPS) is 27.0. The molecule has 0 aromatic rings. The van der Waals surface area contributed by atoms with Crippen LogP contribution in [0.3, 0.4) is 0 Å². The van der Waals surface area contributed by atoms with Gasteiger partial charge < -0.3 is 20.1 Å². The number of carboxylic acids is 1. The van der Waals surface area contributed by atoms with E-state index >= 15 is 0 Å². The summed E-state index contributed by atoms with van der Waals surface area (Å²) in [4.78, 5) is 27.0. The van der Waals surface area contributed by atoms with Crippen LogP contribution in [0.15, 0.2) is 0 Å². The highest BCUT2D eigenvalue weighted by molar-refractivity contribution is 5.80. The first kappa shape index (κ1) is 16.2. The van der Waals surface area contributed by atoms with E-state index in [1.165, 1.54) is 0 Å². The molecule has 2 aliphatic heterocycles. The summed E-state index contributed by atoms with van der Waals surface area (Å²) in [5, 5.41) is 12.2. The fourth-order valence-corrected chi connectivity index (χ4v) is 2.88. The van der Waals surface area contributed by atoms with Gasteiger partial charge in [0.1, 0.15) is 0 Å². The second-order valence-electron chi connectivity index (χ2n) is 5.70. The molecule has 2 N–H and O–H groups in total. The van der Waals surface area contributed by atoms with Crippen LogP contribution in [-0.2, 0) is 14.3 Å². The molecule has 21 heavy (non-hydrogen) atoms. The Morgan fingerprint density at radius 1 is 1.24 bits per heavy atom. The lowest BCUT2D eigenvalue weighted by Crippen LogP contribution is -2.53. The summed E-state index contributed by atoms with van der Waals surface area (Å²) in [6.07, 6.45) is 1.03. The molecule has 120 valence electrons. The third kappa shape index (κ3) is 4.39. The van der Waals surface area contributed by atoms with E-state index in [1.54, 1.807) is 0 Å². The molecule has 2 rings (SSSR count). The summed E-state index contributed by atoms with van der Waals surface area (Å²) in [6.45, 7) is 6.56. The van der Waals surface area contributed by atoms with Gasteiger partial charge in [0.25, 0.3) is 0 Å². The van der Waals surface area contributed by atoms with Crippen molar-refractivity contribution in [3.63, 3.8) is 0 Å². The lowest BCUT2D eigenvalue weighted by molar-refractivity contribution is -0.140. The van der Waals surface area contributed by atoms with E-state index < -0.39 is 5.97 Å². The number of hydrogen-bond donors (Lipinski definition) is 2. The van der Waals surface area contributed by atoms with Gasteiger partial charge in [0.2, 0.25) is 5.91 Å². The van der Waals surface area contributed by atoms with Gasteiger partial charge in [0.05, 0.1) is 25.7 Å². The summed E-state index contributed by atoms with van der Waals surface area (Å²) in [5.41, 5.74) is 0. The highest BCUT2D eigenvalue weighted by atomic mass is 16.5. The molecule has 0 aromatic heterocycles. The minimum absolute atomic E-state index is 0.0508. The van der Waals surface area contributed by atoms with Crippen LogP contribution in [-0.4, -0.2) is 85.3 Å². The predicted molar refractivity (Wildman–Crippen MR) is 77.0 cm³/mol. The second-order valence-corrected chi connectivity index (χ2v) is 5.70. The van der Waals surface area contributed by atoms with Crippen LogP contribution in [0.1, 0.15) is 13.3 Å². The van der Waals surface area contributed by atoms with Crippen molar-refractivity contribution in [1.29, 1.82) is 0 Å². The van der Waals surface area contributed by atoms with E-state index in [2.05, 4.69) is 12.2 Å². The summed E-state index contributed by atoms with van der Waals surface area (Å²) < 4.78 is 5.45. The number of ether oxygens (including phenoxy) is 1. The molecule has 0 aromatic carbocycles. The van der Waals surface area contributed by atoms with E-state index in [-0.39, 0.29) is 24.4 Å². The third-order valence-electron chi connectivity index (χ3n) is 4.10. The minimum Gasteiger partial charge on any atom is -0.480 e. The topological polar surface area (TPSA) is 82.1 Å². The van der Waals surface area contributed by atoms with E-state index in [9.17, 15) is 9.59 Å². The zero-order valence-corrected chi connectivity index (χ0v) is 12.6. The van der Waals surface area contributed by atoms with Crippen LogP contribution in [0.2, 0.25) is 0 Å². The molecule has 2 aliphatic rings. The van der Waals surface area contributed by atoms with Gasteiger partial charge in [-0.3, -0.25) is 14.5 Å². The number of carboxylic acid groups (broad SMARTS) is 1. The SMILES string of the molecule is CCCNC1COCC1C(=O)N1CCN(CC(=O)O)CC1. The first-order valence-corrected chi connectivity index (χ1v) is 7.66. The first-order valence-electron chi connectivity index (χ1n) is 7.66. The molecule has 0 saturated carbocycles. The predicted octanol–water partition coefficient (Wildman–Crippen LogP) is -0.770. The minimum atomic E-state index is -0.817. The van der Waals surface area contributed by atoms with Crippen molar-refractivity contribution in [3.8, 4) is 0 Å². The quantitative estimate of drug-likeness (QED) is 0.670. The molecule has 0 bridgehead atoms. The zero-order valence-electron chi connectivity index (χ0n) is 12.6. The van der Waals surface area contributed by atoms with Crippen LogP contribution >= 0.6 is 0 Å². The molecule has 7 heteroatoms. The van der Waals surface area contributed by atoms with Crippen molar-refractivity contribution in [3.05, 3.63) is 0 Å². The monoisotopic (exact) mass is 299 g/mol. The van der Waals surface area contributed by atoms with Gasteiger partial charge in [-0.2, -0.15) is 0 Å². The average Bonchev–Trinajstić information content (AvgIpc) is 2.93. The Bertz CT molecular complexity index is 369. The maximum atomic E-state index is 12.6. The molecule has 0 aliphatic carbocycles. The van der Waals surface area contributed by atoms with Crippen LogP contribution in [0.25, 0.3) is 0 Å².